The predicted molar refractivity (Wildman–Crippen MR) is 92.8 cm³/mol. The molecule has 0 unspecified atom stereocenters. The summed E-state index contributed by atoms with van der Waals surface area (Å²) < 4.78 is 0. The minimum absolute atomic E-state index is 0.256. The van der Waals surface area contributed by atoms with E-state index in [1.807, 2.05) is 24.3 Å². The Morgan fingerprint density at radius 2 is 1.79 bits per heavy atom. The largest absolute Gasteiger partial charge is 0.480 e. The third kappa shape index (κ3) is 3.62. The number of amides is 2. The first-order chi connectivity index (χ1) is 11.5. The number of anilines is 1. The van der Waals surface area contributed by atoms with E-state index in [0.29, 0.717) is 0 Å². The summed E-state index contributed by atoms with van der Waals surface area (Å²) in [4.78, 5) is 37.9. The molecular weight excluding hydrogens is 328 g/mol. The van der Waals surface area contributed by atoms with E-state index in [0.717, 1.165) is 41.0 Å². The molecule has 126 valence electrons. The van der Waals surface area contributed by atoms with Crippen molar-refractivity contribution < 1.29 is 19.5 Å². The highest BCUT2D eigenvalue weighted by atomic mass is 32.2. The first kappa shape index (κ1) is 16.6. The Morgan fingerprint density at radius 3 is 2.42 bits per heavy atom. The maximum Gasteiger partial charge on any atom is 0.323 e. The van der Waals surface area contributed by atoms with Crippen LogP contribution in [0.4, 0.5) is 10.5 Å². The van der Waals surface area contributed by atoms with Gasteiger partial charge in [-0.3, -0.25) is 19.3 Å². The molecule has 0 spiro atoms. The van der Waals surface area contributed by atoms with Crippen molar-refractivity contribution in [3.05, 3.63) is 34.7 Å². The van der Waals surface area contributed by atoms with Gasteiger partial charge in [0.15, 0.2) is 0 Å². The Kier molecular flexibility index (Phi) is 4.89. The molecule has 0 aromatic heterocycles. The smallest absolute Gasteiger partial charge is 0.323 e. The number of benzene rings is 1. The van der Waals surface area contributed by atoms with E-state index < -0.39 is 23.7 Å². The number of imide groups is 1. The fraction of sp³-hybridized carbons (Fsp3) is 0.353. The van der Waals surface area contributed by atoms with Gasteiger partial charge in [0.2, 0.25) is 0 Å². The second kappa shape index (κ2) is 7.09. The zero-order valence-corrected chi connectivity index (χ0v) is 13.9. The first-order valence-corrected chi connectivity index (χ1v) is 8.68. The van der Waals surface area contributed by atoms with E-state index >= 15 is 0 Å². The molecule has 3 rings (SSSR count). The molecule has 6 nitrogen and oxygen atoms in total. The Balaban J connectivity index is 1.73. The second-order valence-corrected chi connectivity index (χ2v) is 6.79. The molecule has 24 heavy (non-hydrogen) atoms. The van der Waals surface area contributed by atoms with Gasteiger partial charge in [-0.05, 0) is 54.8 Å². The fourth-order valence-corrected chi connectivity index (χ4v) is 3.69. The monoisotopic (exact) mass is 346 g/mol. The van der Waals surface area contributed by atoms with Crippen molar-refractivity contribution in [2.24, 2.45) is 0 Å². The van der Waals surface area contributed by atoms with Crippen LogP contribution in [0.25, 0.3) is 6.08 Å². The Hall–Kier alpha value is -2.28. The van der Waals surface area contributed by atoms with Gasteiger partial charge >= 0.3 is 5.97 Å². The highest BCUT2D eigenvalue weighted by Gasteiger charge is 2.36. The summed E-state index contributed by atoms with van der Waals surface area (Å²) in [7, 11) is 0. The molecule has 7 heteroatoms. The molecule has 2 heterocycles. The van der Waals surface area contributed by atoms with Gasteiger partial charge in [-0.1, -0.05) is 12.1 Å². The topological polar surface area (TPSA) is 77.9 Å². The summed E-state index contributed by atoms with van der Waals surface area (Å²) in [6.45, 7) is 1.52. The highest BCUT2D eigenvalue weighted by Crippen LogP contribution is 2.32. The zero-order chi connectivity index (χ0) is 17.1. The number of carboxylic acid groups (broad SMARTS) is 1. The molecule has 0 aliphatic carbocycles. The van der Waals surface area contributed by atoms with Gasteiger partial charge in [0.25, 0.3) is 11.1 Å². The van der Waals surface area contributed by atoms with Crippen molar-refractivity contribution in [1.82, 2.24) is 4.90 Å². The minimum Gasteiger partial charge on any atom is -0.480 e. The fourth-order valence-electron chi connectivity index (χ4n) is 2.86. The molecular formula is C17H18N2O4S. The molecule has 2 amide bonds. The number of piperidine rings is 1. The quantitative estimate of drug-likeness (QED) is 0.845. The number of carbonyl (C=O) groups is 3. The van der Waals surface area contributed by atoms with E-state index in [4.69, 9.17) is 5.11 Å². The minimum atomic E-state index is -1.20. The number of rotatable bonds is 4. The van der Waals surface area contributed by atoms with E-state index in [-0.39, 0.29) is 4.91 Å². The summed E-state index contributed by atoms with van der Waals surface area (Å²) >= 11 is 0.776. The lowest BCUT2D eigenvalue weighted by Crippen LogP contribution is -2.33. The van der Waals surface area contributed by atoms with Gasteiger partial charge in [0, 0.05) is 18.8 Å². The molecule has 1 aromatic carbocycles. The maximum atomic E-state index is 12.1. The van der Waals surface area contributed by atoms with Crippen LogP contribution in [0.15, 0.2) is 29.2 Å². The Labute approximate surface area is 144 Å². The van der Waals surface area contributed by atoms with Gasteiger partial charge in [0.05, 0.1) is 4.91 Å². The van der Waals surface area contributed by atoms with Crippen molar-refractivity contribution in [2.75, 3.05) is 24.5 Å². The number of aliphatic carboxylic acids is 1. The molecule has 0 atom stereocenters. The molecule has 2 saturated heterocycles. The van der Waals surface area contributed by atoms with Crippen LogP contribution in [0.1, 0.15) is 24.8 Å². The summed E-state index contributed by atoms with van der Waals surface area (Å²) in [5.74, 6) is -1.75. The van der Waals surface area contributed by atoms with Crippen LogP contribution in [-0.4, -0.2) is 46.8 Å². The molecule has 0 saturated carbocycles. The Bertz CT molecular complexity index is 693. The van der Waals surface area contributed by atoms with Crippen molar-refractivity contribution >= 4 is 40.6 Å². The SMILES string of the molecule is O=C(O)CN1C(=O)S/C(=C\c2ccc(N3CCCCC3)cc2)C1=O. The van der Waals surface area contributed by atoms with Gasteiger partial charge in [-0.2, -0.15) is 0 Å². The van der Waals surface area contributed by atoms with Crippen LogP contribution in [-0.2, 0) is 9.59 Å². The lowest BCUT2D eigenvalue weighted by atomic mass is 10.1. The number of hydrogen-bond acceptors (Lipinski definition) is 5. The van der Waals surface area contributed by atoms with Crippen molar-refractivity contribution in [3.8, 4) is 0 Å². The molecule has 2 aliphatic heterocycles. The summed E-state index contributed by atoms with van der Waals surface area (Å²) in [5.41, 5.74) is 1.97. The maximum absolute atomic E-state index is 12.1. The molecule has 1 N–H and O–H groups in total. The third-order valence-corrected chi connectivity index (χ3v) is 4.99. The summed E-state index contributed by atoms with van der Waals surface area (Å²) in [6.07, 6.45) is 5.32. The molecule has 0 radical (unpaired) electrons. The summed E-state index contributed by atoms with van der Waals surface area (Å²) in [5, 5.41) is 8.22. The zero-order valence-electron chi connectivity index (χ0n) is 13.1. The van der Waals surface area contributed by atoms with Gasteiger partial charge in [-0.15, -0.1) is 0 Å². The normalized spacial score (nSPS) is 20.1. The van der Waals surface area contributed by atoms with Crippen LogP contribution in [0.5, 0.6) is 0 Å². The number of carbonyl (C=O) groups excluding carboxylic acids is 2. The molecule has 1 aromatic rings. The van der Waals surface area contributed by atoms with Crippen LogP contribution in [0, 0.1) is 0 Å². The summed E-state index contributed by atoms with van der Waals surface area (Å²) in [6, 6.07) is 7.85. The van der Waals surface area contributed by atoms with Gasteiger partial charge in [0.1, 0.15) is 6.54 Å². The standard InChI is InChI=1S/C17H18N2O4S/c20-15(21)11-19-16(22)14(24-17(19)23)10-12-4-6-13(7-5-12)18-8-2-1-3-9-18/h4-7,10H,1-3,8-9,11H2,(H,20,21)/b14-10-. The average molecular weight is 346 g/mol. The van der Waals surface area contributed by atoms with E-state index in [1.165, 1.54) is 19.3 Å². The van der Waals surface area contributed by atoms with E-state index in [9.17, 15) is 14.4 Å². The van der Waals surface area contributed by atoms with Crippen LogP contribution in [0.3, 0.4) is 0 Å². The van der Waals surface area contributed by atoms with E-state index in [2.05, 4.69) is 4.90 Å². The van der Waals surface area contributed by atoms with Crippen LogP contribution in [0.2, 0.25) is 0 Å². The second-order valence-electron chi connectivity index (χ2n) is 5.80. The number of nitrogens with zero attached hydrogens (tertiary/aromatic N) is 2. The molecule has 0 bridgehead atoms. The molecule has 2 fully saturated rings. The third-order valence-electron chi connectivity index (χ3n) is 4.08. The van der Waals surface area contributed by atoms with Crippen LogP contribution >= 0.6 is 11.8 Å². The number of thioether (sulfide) groups is 1. The first-order valence-electron chi connectivity index (χ1n) is 7.87. The van der Waals surface area contributed by atoms with Gasteiger partial charge < -0.3 is 10.0 Å². The van der Waals surface area contributed by atoms with Gasteiger partial charge in [-0.25, -0.2) is 0 Å². The average Bonchev–Trinajstić information content (AvgIpc) is 2.83. The van der Waals surface area contributed by atoms with Crippen molar-refractivity contribution in [3.63, 3.8) is 0 Å². The highest BCUT2D eigenvalue weighted by molar-refractivity contribution is 8.18. The van der Waals surface area contributed by atoms with Crippen LogP contribution < -0.4 is 4.90 Å². The Morgan fingerprint density at radius 1 is 1.12 bits per heavy atom. The molecule has 2 aliphatic rings. The van der Waals surface area contributed by atoms with Crippen molar-refractivity contribution in [1.29, 1.82) is 0 Å². The number of hydrogen-bond donors (Lipinski definition) is 1. The van der Waals surface area contributed by atoms with E-state index in [1.54, 1.807) is 6.08 Å². The number of carboxylic acids is 1. The lowest BCUT2D eigenvalue weighted by Gasteiger charge is -2.28. The van der Waals surface area contributed by atoms with Crippen molar-refractivity contribution in [2.45, 2.75) is 19.3 Å². The lowest BCUT2D eigenvalue weighted by molar-refractivity contribution is -0.140. The predicted octanol–water partition coefficient (Wildman–Crippen LogP) is 2.80.